The minimum atomic E-state index is -0.207. The van der Waals surface area contributed by atoms with Gasteiger partial charge in [-0.15, -0.1) is 0 Å². The van der Waals surface area contributed by atoms with Crippen molar-refractivity contribution in [3.63, 3.8) is 0 Å². The quantitative estimate of drug-likeness (QED) is 0.849. The van der Waals surface area contributed by atoms with E-state index in [4.69, 9.17) is 4.74 Å². The molecule has 1 N–H and O–H groups in total. The zero-order valence-corrected chi connectivity index (χ0v) is 10.4. The van der Waals surface area contributed by atoms with E-state index >= 15 is 0 Å². The second kappa shape index (κ2) is 7.62. The van der Waals surface area contributed by atoms with Crippen molar-refractivity contribution in [1.29, 1.82) is 0 Å². The molecule has 5 heteroatoms. The highest BCUT2D eigenvalue weighted by Crippen LogP contribution is 2.04. The maximum absolute atomic E-state index is 11.1. The lowest BCUT2D eigenvalue weighted by Crippen LogP contribution is -2.18. The molecule has 1 rings (SSSR count). The molecule has 1 aromatic rings. The summed E-state index contributed by atoms with van der Waals surface area (Å²) >= 11 is 0. The van der Waals surface area contributed by atoms with Gasteiger partial charge in [0.15, 0.2) is 0 Å². The van der Waals surface area contributed by atoms with Gasteiger partial charge in [-0.05, 0) is 13.8 Å². The number of rotatable bonds is 3. The number of aromatic nitrogens is 2. The summed E-state index contributed by atoms with van der Waals surface area (Å²) in [6.07, 6.45) is 2.90. The van der Waals surface area contributed by atoms with Crippen molar-refractivity contribution in [2.75, 3.05) is 7.05 Å². The molecule has 0 spiro atoms. The lowest BCUT2D eigenvalue weighted by molar-refractivity contribution is 0.0962. The predicted octanol–water partition coefficient (Wildman–Crippen LogP) is 1.65. The minimum absolute atomic E-state index is 0.0286. The van der Waals surface area contributed by atoms with Gasteiger partial charge in [0.25, 0.3) is 5.91 Å². The van der Waals surface area contributed by atoms with E-state index < -0.39 is 0 Å². The summed E-state index contributed by atoms with van der Waals surface area (Å²) in [6, 6.07) is 0.285. The summed E-state index contributed by atoms with van der Waals surface area (Å²) in [4.78, 5) is 18.9. The Kier molecular flexibility index (Phi) is 6.83. The summed E-state index contributed by atoms with van der Waals surface area (Å²) in [6.45, 7) is 7.77. The minimum Gasteiger partial charge on any atom is -0.461 e. The average molecular weight is 225 g/mol. The van der Waals surface area contributed by atoms with E-state index in [1.54, 1.807) is 7.05 Å². The van der Waals surface area contributed by atoms with Gasteiger partial charge in [-0.1, -0.05) is 13.8 Å². The molecule has 5 nitrogen and oxygen atoms in total. The fourth-order valence-corrected chi connectivity index (χ4v) is 0.849. The molecule has 16 heavy (non-hydrogen) atoms. The van der Waals surface area contributed by atoms with Crippen LogP contribution in [0.3, 0.4) is 0 Å². The Bertz CT molecular complexity index is 310. The van der Waals surface area contributed by atoms with Crippen LogP contribution < -0.4 is 10.1 Å². The third kappa shape index (κ3) is 4.72. The molecule has 0 radical (unpaired) electrons. The first-order chi connectivity index (χ1) is 7.63. The van der Waals surface area contributed by atoms with Crippen LogP contribution in [0.2, 0.25) is 0 Å². The van der Waals surface area contributed by atoms with Crippen LogP contribution in [0.25, 0.3) is 0 Å². The maximum Gasteiger partial charge on any atom is 0.316 e. The first kappa shape index (κ1) is 14.3. The highest BCUT2D eigenvalue weighted by Gasteiger charge is 2.05. The van der Waals surface area contributed by atoms with Gasteiger partial charge in [0.05, 0.1) is 11.7 Å². The summed E-state index contributed by atoms with van der Waals surface area (Å²) in [5.74, 6) is -0.207. The summed E-state index contributed by atoms with van der Waals surface area (Å²) < 4.78 is 5.23. The van der Waals surface area contributed by atoms with Gasteiger partial charge in [0.1, 0.15) is 0 Å². The predicted molar refractivity (Wildman–Crippen MR) is 62.5 cm³/mol. The van der Waals surface area contributed by atoms with Crippen LogP contribution in [0.15, 0.2) is 12.4 Å². The Morgan fingerprint density at radius 2 is 1.81 bits per heavy atom. The SMILES string of the molecule is CC.CNC(=O)c1cnc(OC(C)C)nc1. The van der Waals surface area contributed by atoms with Gasteiger partial charge in [0, 0.05) is 19.4 Å². The Hall–Kier alpha value is -1.65. The molecule has 90 valence electrons. The first-order valence-corrected chi connectivity index (χ1v) is 5.34. The topological polar surface area (TPSA) is 64.1 Å². The van der Waals surface area contributed by atoms with E-state index in [-0.39, 0.29) is 18.0 Å². The third-order valence-corrected chi connectivity index (χ3v) is 1.46. The van der Waals surface area contributed by atoms with Crippen LogP contribution in [0, 0.1) is 0 Å². The van der Waals surface area contributed by atoms with Crippen molar-refractivity contribution < 1.29 is 9.53 Å². The highest BCUT2D eigenvalue weighted by atomic mass is 16.5. The monoisotopic (exact) mass is 225 g/mol. The van der Waals surface area contributed by atoms with Crippen molar-refractivity contribution in [2.45, 2.75) is 33.8 Å². The number of carbonyl (C=O) groups excluding carboxylic acids is 1. The molecule has 0 unspecified atom stereocenters. The maximum atomic E-state index is 11.1. The van der Waals surface area contributed by atoms with Crippen LogP contribution in [0.5, 0.6) is 6.01 Å². The molecular weight excluding hydrogens is 206 g/mol. The smallest absolute Gasteiger partial charge is 0.316 e. The number of carbonyl (C=O) groups is 1. The average Bonchev–Trinajstić information content (AvgIpc) is 2.31. The normalized spacial score (nSPS) is 9.12. The molecule has 0 aliphatic rings. The van der Waals surface area contributed by atoms with Crippen LogP contribution >= 0.6 is 0 Å². The third-order valence-electron chi connectivity index (χ3n) is 1.46. The summed E-state index contributed by atoms with van der Waals surface area (Å²) in [5, 5.41) is 2.48. The fraction of sp³-hybridized carbons (Fsp3) is 0.545. The number of nitrogens with zero attached hydrogens (tertiary/aromatic N) is 2. The van der Waals surface area contributed by atoms with Gasteiger partial charge in [-0.25, -0.2) is 9.97 Å². The highest BCUT2D eigenvalue weighted by molar-refractivity contribution is 5.93. The van der Waals surface area contributed by atoms with Crippen molar-refractivity contribution in [2.24, 2.45) is 0 Å². The summed E-state index contributed by atoms with van der Waals surface area (Å²) in [5.41, 5.74) is 0.420. The molecule has 0 aliphatic heterocycles. The fourth-order valence-electron chi connectivity index (χ4n) is 0.849. The second-order valence-electron chi connectivity index (χ2n) is 3.00. The Balaban J connectivity index is 0.00000106. The molecule has 0 saturated heterocycles. The van der Waals surface area contributed by atoms with Gasteiger partial charge < -0.3 is 10.1 Å². The van der Waals surface area contributed by atoms with Crippen LogP contribution in [0.4, 0.5) is 0 Å². The lowest BCUT2D eigenvalue weighted by Gasteiger charge is -2.06. The zero-order chi connectivity index (χ0) is 12.6. The number of hydrogen-bond acceptors (Lipinski definition) is 4. The second-order valence-corrected chi connectivity index (χ2v) is 3.00. The van der Waals surface area contributed by atoms with E-state index in [1.165, 1.54) is 12.4 Å². The van der Waals surface area contributed by atoms with E-state index in [2.05, 4.69) is 15.3 Å². The molecule has 0 saturated carbocycles. The molecule has 0 aromatic carbocycles. The standard InChI is InChI=1S/C9H13N3O2.C2H6/c1-6(2)14-9-11-4-7(5-12-9)8(13)10-3;1-2/h4-6H,1-3H3,(H,10,13);1-2H3. The number of nitrogens with one attached hydrogen (secondary N) is 1. The largest absolute Gasteiger partial charge is 0.461 e. The van der Waals surface area contributed by atoms with Crippen LogP contribution in [-0.2, 0) is 0 Å². The summed E-state index contributed by atoms with van der Waals surface area (Å²) in [7, 11) is 1.56. The Morgan fingerprint density at radius 1 is 1.31 bits per heavy atom. The van der Waals surface area contributed by atoms with E-state index in [9.17, 15) is 4.79 Å². The van der Waals surface area contributed by atoms with E-state index in [0.29, 0.717) is 5.56 Å². The van der Waals surface area contributed by atoms with Crippen LogP contribution in [-0.4, -0.2) is 29.0 Å². The first-order valence-electron chi connectivity index (χ1n) is 5.34. The zero-order valence-electron chi connectivity index (χ0n) is 10.4. The van der Waals surface area contributed by atoms with Crippen molar-refractivity contribution in [3.8, 4) is 6.01 Å². The van der Waals surface area contributed by atoms with Crippen molar-refractivity contribution >= 4 is 5.91 Å². The number of amides is 1. The molecule has 0 atom stereocenters. The van der Waals surface area contributed by atoms with Crippen molar-refractivity contribution in [1.82, 2.24) is 15.3 Å². The number of hydrogen-bond donors (Lipinski definition) is 1. The molecule has 0 bridgehead atoms. The van der Waals surface area contributed by atoms with Gasteiger partial charge in [0.2, 0.25) is 0 Å². The molecule has 1 aromatic heterocycles. The molecular formula is C11H19N3O2. The number of ether oxygens (including phenoxy) is 1. The lowest BCUT2D eigenvalue weighted by atomic mass is 10.3. The van der Waals surface area contributed by atoms with Crippen molar-refractivity contribution in [3.05, 3.63) is 18.0 Å². The molecule has 1 heterocycles. The van der Waals surface area contributed by atoms with Crippen LogP contribution in [0.1, 0.15) is 38.1 Å². The Labute approximate surface area is 96.3 Å². The molecule has 0 aliphatic carbocycles. The van der Waals surface area contributed by atoms with Gasteiger partial charge in [-0.3, -0.25) is 4.79 Å². The molecule has 0 fully saturated rings. The van der Waals surface area contributed by atoms with E-state index in [1.807, 2.05) is 27.7 Å². The van der Waals surface area contributed by atoms with Gasteiger partial charge >= 0.3 is 6.01 Å². The Morgan fingerprint density at radius 3 is 2.19 bits per heavy atom. The van der Waals surface area contributed by atoms with E-state index in [0.717, 1.165) is 0 Å². The molecule has 1 amide bonds. The van der Waals surface area contributed by atoms with Gasteiger partial charge in [-0.2, -0.15) is 0 Å².